The van der Waals surface area contributed by atoms with Crippen LogP contribution in [0.15, 0.2) is 30.6 Å². The minimum atomic E-state index is -0.454. The first-order valence-corrected chi connectivity index (χ1v) is 9.86. The Kier molecular flexibility index (Phi) is 4.12. The average molecular weight is 391 g/mol. The number of likely N-dealkylation sites (tertiary alicyclic amines) is 1. The summed E-state index contributed by atoms with van der Waals surface area (Å²) < 4.78 is 26.6. The smallest absolute Gasteiger partial charge is 0.235 e. The second kappa shape index (κ2) is 6.52. The van der Waals surface area contributed by atoms with Gasteiger partial charge in [0.05, 0.1) is 39.1 Å². The van der Waals surface area contributed by atoms with E-state index in [1.165, 1.54) is 39.2 Å². The van der Waals surface area contributed by atoms with Crippen molar-refractivity contribution in [3.8, 4) is 5.88 Å². The maximum absolute atomic E-state index is 13.5. The Bertz CT molecular complexity index is 941. The van der Waals surface area contributed by atoms with Crippen LogP contribution in [0.3, 0.4) is 0 Å². The van der Waals surface area contributed by atoms with Crippen LogP contribution in [0, 0.1) is 5.82 Å². The number of halogens is 1. The monoisotopic (exact) mass is 391 g/mol. The summed E-state index contributed by atoms with van der Waals surface area (Å²) in [6.07, 6.45) is 3.01. The van der Waals surface area contributed by atoms with E-state index >= 15 is 0 Å². The number of thiazole rings is 1. The zero-order valence-electron chi connectivity index (χ0n) is 14.6. The van der Waals surface area contributed by atoms with Gasteiger partial charge in [0.25, 0.3) is 0 Å². The summed E-state index contributed by atoms with van der Waals surface area (Å²) in [6, 6.07) is 6.37. The van der Waals surface area contributed by atoms with Crippen molar-refractivity contribution in [2.75, 3.05) is 26.3 Å². The van der Waals surface area contributed by atoms with Crippen molar-refractivity contribution in [3.05, 3.63) is 46.9 Å². The van der Waals surface area contributed by atoms with E-state index in [0.717, 1.165) is 36.4 Å². The molecule has 0 unspecified atom stereocenters. The van der Waals surface area contributed by atoms with Crippen LogP contribution < -0.4 is 4.90 Å². The molecule has 0 aliphatic carbocycles. The molecule has 2 aromatic heterocycles. The van der Waals surface area contributed by atoms with Gasteiger partial charge in [0, 0.05) is 5.56 Å². The van der Waals surface area contributed by atoms with Gasteiger partial charge in [-0.05, 0) is 24.3 Å². The van der Waals surface area contributed by atoms with E-state index in [1.54, 1.807) is 12.1 Å². The molecule has 1 aromatic carbocycles. The summed E-state index contributed by atoms with van der Waals surface area (Å²) in [6.45, 7) is 2.95. The maximum atomic E-state index is 13.5. The first-order valence-electron chi connectivity index (χ1n) is 9.05. The highest BCUT2D eigenvalue weighted by molar-refractivity contribution is 7.17. The molecule has 0 amide bonds. The predicted octanol–water partition coefficient (Wildman–Crippen LogP) is 1.15. The number of hydrogen-bond donors (Lipinski definition) is 2. The zero-order chi connectivity index (χ0) is 18.4. The van der Waals surface area contributed by atoms with Crippen LogP contribution >= 0.6 is 11.3 Å². The van der Waals surface area contributed by atoms with E-state index in [-0.39, 0.29) is 17.7 Å². The van der Waals surface area contributed by atoms with Crippen molar-refractivity contribution in [1.82, 2.24) is 14.6 Å². The Labute approximate surface area is 159 Å². The normalized spacial score (nSPS) is 21.2. The first-order chi connectivity index (χ1) is 13.2. The van der Waals surface area contributed by atoms with Crippen LogP contribution in [-0.2, 0) is 9.47 Å². The molecule has 142 valence electrons. The van der Waals surface area contributed by atoms with Crippen molar-refractivity contribution in [3.63, 3.8) is 0 Å². The highest BCUT2D eigenvalue weighted by Gasteiger charge is 2.44. The summed E-state index contributed by atoms with van der Waals surface area (Å²) in [5.41, 5.74) is 0.954. The lowest BCUT2D eigenvalue weighted by Gasteiger charge is -2.38. The molecule has 1 atom stereocenters. The standard InChI is InChI=1S/C18H19FN4O3S/c19-13-3-1-12(2-4-13)14(15-16(24)23-17(27-15)20-11-21-23)22-7-5-18(6-8-22)25-9-10-26-18/h1-4,11,14,24H,5-10H2/p+1/t14-/m0/s1. The summed E-state index contributed by atoms with van der Waals surface area (Å²) in [7, 11) is 0. The molecule has 9 heteroatoms. The number of aromatic nitrogens is 3. The molecule has 3 aromatic rings. The Hall–Kier alpha value is -2.07. The average Bonchev–Trinajstić information content (AvgIpc) is 3.39. The summed E-state index contributed by atoms with van der Waals surface area (Å²) in [5.74, 6) is -0.627. The van der Waals surface area contributed by atoms with Gasteiger partial charge in [0.15, 0.2) is 11.8 Å². The maximum Gasteiger partial charge on any atom is 0.235 e. The quantitative estimate of drug-likeness (QED) is 0.701. The van der Waals surface area contributed by atoms with E-state index in [1.807, 2.05) is 0 Å². The molecule has 0 saturated carbocycles. The van der Waals surface area contributed by atoms with Crippen LogP contribution in [0.5, 0.6) is 5.88 Å². The molecular formula is C18H20FN4O3S+. The third-order valence-corrected chi connectivity index (χ3v) is 6.58. The van der Waals surface area contributed by atoms with E-state index in [9.17, 15) is 9.50 Å². The van der Waals surface area contributed by atoms with Crippen LogP contribution in [0.2, 0.25) is 0 Å². The number of ether oxygens (including phenoxy) is 2. The third kappa shape index (κ3) is 2.91. The van der Waals surface area contributed by atoms with Crippen molar-refractivity contribution >= 4 is 16.3 Å². The fourth-order valence-electron chi connectivity index (χ4n) is 4.14. The van der Waals surface area contributed by atoms with Crippen LogP contribution in [0.4, 0.5) is 4.39 Å². The minimum Gasteiger partial charge on any atom is -0.492 e. The molecule has 1 spiro atoms. The lowest BCUT2D eigenvalue weighted by Crippen LogP contribution is -3.14. The molecule has 0 bridgehead atoms. The van der Waals surface area contributed by atoms with Gasteiger partial charge in [-0.25, -0.2) is 9.37 Å². The molecule has 4 heterocycles. The zero-order valence-corrected chi connectivity index (χ0v) is 15.4. The Morgan fingerprint density at radius 2 is 1.89 bits per heavy atom. The van der Waals surface area contributed by atoms with Crippen LogP contribution in [0.1, 0.15) is 29.3 Å². The van der Waals surface area contributed by atoms with Crippen molar-refractivity contribution in [1.29, 1.82) is 0 Å². The molecule has 2 fully saturated rings. The minimum absolute atomic E-state index is 0.1000. The molecule has 2 saturated heterocycles. The van der Waals surface area contributed by atoms with Crippen molar-refractivity contribution in [2.45, 2.75) is 24.7 Å². The van der Waals surface area contributed by atoms with E-state index in [2.05, 4.69) is 10.1 Å². The van der Waals surface area contributed by atoms with Gasteiger partial charge in [-0.3, -0.25) is 0 Å². The number of piperidine rings is 1. The van der Waals surface area contributed by atoms with Gasteiger partial charge in [0.2, 0.25) is 10.8 Å². The topological polar surface area (TPSA) is 73.3 Å². The van der Waals surface area contributed by atoms with Gasteiger partial charge >= 0.3 is 0 Å². The van der Waals surface area contributed by atoms with Crippen LogP contribution in [0.25, 0.3) is 4.96 Å². The molecule has 5 rings (SSSR count). The Morgan fingerprint density at radius 3 is 2.56 bits per heavy atom. The van der Waals surface area contributed by atoms with E-state index < -0.39 is 5.79 Å². The fraction of sp³-hybridized carbons (Fsp3) is 0.444. The molecule has 27 heavy (non-hydrogen) atoms. The summed E-state index contributed by atoms with van der Waals surface area (Å²) in [4.78, 5) is 6.91. The molecular weight excluding hydrogens is 371 g/mol. The van der Waals surface area contributed by atoms with E-state index in [0.29, 0.717) is 18.2 Å². The number of aromatic hydroxyl groups is 1. The first kappa shape index (κ1) is 17.1. The van der Waals surface area contributed by atoms with Crippen LogP contribution in [-0.4, -0.2) is 51.8 Å². The number of nitrogens with zero attached hydrogens (tertiary/aromatic N) is 3. The lowest BCUT2D eigenvalue weighted by molar-refractivity contribution is -0.933. The molecule has 2 N–H and O–H groups in total. The SMILES string of the molecule is Oc1c([C@H](c2ccc(F)cc2)[NH+]2CCC3(CC2)OCCO3)sc2ncnn12. The van der Waals surface area contributed by atoms with Crippen molar-refractivity contribution < 1.29 is 23.9 Å². The van der Waals surface area contributed by atoms with Gasteiger partial charge in [-0.1, -0.05) is 11.3 Å². The summed E-state index contributed by atoms with van der Waals surface area (Å²) >= 11 is 1.42. The predicted molar refractivity (Wildman–Crippen MR) is 95.3 cm³/mol. The second-order valence-corrected chi connectivity index (χ2v) is 8.00. The highest BCUT2D eigenvalue weighted by Crippen LogP contribution is 2.36. The largest absolute Gasteiger partial charge is 0.492 e. The fourth-order valence-corrected chi connectivity index (χ4v) is 5.25. The third-order valence-electron chi connectivity index (χ3n) is 5.48. The Balaban J connectivity index is 1.51. The number of rotatable bonds is 3. The molecule has 7 nitrogen and oxygen atoms in total. The number of benzene rings is 1. The lowest BCUT2D eigenvalue weighted by atomic mass is 9.97. The second-order valence-electron chi connectivity index (χ2n) is 6.99. The van der Waals surface area contributed by atoms with E-state index in [4.69, 9.17) is 9.47 Å². The van der Waals surface area contributed by atoms with Gasteiger partial charge in [0.1, 0.15) is 17.0 Å². The highest BCUT2D eigenvalue weighted by atomic mass is 32.1. The summed E-state index contributed by atoms with van der Waals surface area (Å²) in [5, 5.41) is 14.8. The van der Waals surface area contributed by atoms with Crippen molar-refractivity contribution in [2.24, 2.45) is 0 Å². The molecule has 2 aliphatic rings. The number of quaternary nitrogens is 1. The number of fused-ring (bicyclic) bond motifs is 1. The van der Waals surface area contributed by atoms with Gasteiger partial charge in [-0.15, -0.1) is 0 Å². The van der Waals surface area contributed by atoms with Gasteiger partial charge in [-0.2, -0.15) is 9.61 Å². The Morgan fingerprint density at radius 1 is 1.19 bits per heavy atom. The number of hydrogen-bond acceptors (Lipinski definition) is 6. The number of nitrogens with one attached hydrogen (secondary N) is 1. The van der Waals surface area contributed by atoms with Gasteiger partial charge < -0.3 is 19.5 Å². The molecule has 0 radical (unpaired) electrons. The molecule has 2 aliphatic heterocycles.